The average Bonchev–Trinajstić information content (AvgIpc) is 3.39. The third-order valence-electron chi connectivity index (χ3n) is 7.49. The number of carbonyl (C=O) groups excluding carboxylic acids is 2. The molecule has 266 valence electrons. The van der Waals surface area contributed by atoms with Gasteiger partial charge in [-0.15, -0.1) is 0 Å². The second-order valence-electron chi connectivity index (χ2n) is 10.8. The van der Waals surface area contributed by atoms with Gasteiger partial charge in [0, 0.05) is 11.1 Å². The van der Waals surface area contributed by atoms with Gasteiger partial charge in [-0.1, -0.05) is 41.1 Å². The van der Waals surface area contributed by atoms with Gasteiger partial charge in [0.2, 0.25) is 5.75 Å². The zero-order valence-corrected chi connectivity index (χ0v) is 30.9. The lowest BCUT2D eigenvalue weighted by molar-refractivity contribution is -0.386. The molecule has 5 rings (SSSR count). The number of carbonyl (C=O) groups is 2. The Hall–Kier alpha value is -4.99. The highest BCUT2D eigenvalue weighted by atomic mass is 79.9. The second kappa shape index (κ2) is 16.4. The highest BCUT2D eigenvalue weighted by Crippen LogP contribution is 2.38. The van der Waals surface area contributed by atoms with Crippen molar-refractivity contribution in [3.05, 3.63) is 122 Å². The summed E-state index contributed by atoms with van der Waals surface area (Å²) in [6.45, 7) is 5.11. The van der Waals surface area contributed by atoms with Gasteiger partial charge in [-0.05, 0) is 89.8 Å². The summed E-state index contributed by atoms with van der Waals surface area (Å²) in [5, 5.41) is 12.7. The fourth-order valence-corrected chi connectivity index (χ4v) is 7.12. The van der Waals surface area contributed by atoms with Crippen molar-refractivity contribution < 1.29 is 38.2 Å². The van der Waals surface area contributed by atoms with Gasteiger partial charge in [0.05, 0.1) is 51.6 Å². The summed E-state index contributed by atoms with van der Waals surface area (Å²) in [6.07, 6.45) is 1.51. The highest BCUT2D eigenvalue weighted by molar-refractivity contribution is 9.10. The molecule has 0 spiro atoms. The number of benzene rings is 3. The number of nitrogens with zero attached hydrogens (tertiary/aromatic N) is 3. The fourth-order valence-electron chi connectivity index (χ4n) is 5.28. The Kier molecular flexibility index (Phi) is 12.0. The van der Waals surface area contributed by atoms with E-state index in [4.69, 9.17) is 30.5 Å². The molecule has 0 amide bonds. The summed E-state index contributed by atoms with van der Waals surface area (Å²) < 4.78 is 29.2. The number of fused-ring (bicyclic) bond motifs is 1. The van der Waals surface area contributed by atoms with Gasteiger partial charge in [0.15, 0.2) is 22.9 Å². The number of aromatic nitrogens is 1. The molecule has 0 saturated heterocycles. The van der Waals surface area contributed by atoms with Gasteiger partial charge in [0.25, 0.3) is 5.56 Å². The van der Waals surface area contributed by atoms with Crippen molar-refractivity contribution in [2.75, 3.05) is 26.9 Å². The van der Waals surface area contributed by atoms with Gasteiger partial charge in [0.1, 0.15) is 6.61 Å². The highest BCUT2D eigenvalue weighted by Gasteiger charge is 2.34. The molecule has 3 aromatic carbocycles. The van der Waals surface area contributed by atoms with Crippen LogP contribution in [-0.4, -0.2) is 48.4 Å². The molecular formula is C35H31BrClN3O10S. The van der Waals surface area contributed by atoms with Crippen molar-refractivity contribution in [2.24, 2.45) is 4.99 Å². The van der Waals surface area contributed by atoms with Crippen LogP contribution in [0.15, 0.2) is 80.1 Å². The molecular weight excluding hydrogens is 770 g/mol. The number of allylic oxidation sites excluding steroid dienone is 1. The molecule has 51 heavy (non-hydrogen) atoms. The normalized spacial score (nSPS) is 14.0. The molecule has 0 radical (unpaired) electrons. The van der Waals surface area contributed by atoms with E-state index in [-0.39, 0.29) is 59.5 Å². The number of rotatable bonds is 13. The van der Waals surface area contributed by atoms with Crippen LogP contribution in [0.1, 0.15) is 43.5 Å². The second-order valence-corrected chi connectivity index (χ2v) is 13.1. The summed E-state index contributed by atoms with van der Waals surface area (Å²) >= 11 is 10.5. The SMILES string of the molecule is CCOC(=O)C1=C(C)N=c2s/c(=C/c3cc(Br)c(OCc4cccc(Cl)c4)c([N+](=O)[O-])c3)c(=O)n2[C@H]1c1ccc(OCC(=O)OC)c(OCC)c1. The predicted octanol–water partition coefficient (Wildman–Crippen LogP) is 5.65. The standard InChI is InChI=1S/C35H31BrClN3O10S/c1-5-47-27-16-22(10-11-26(27)49-18-29(41)46-4)31-30(34(43)48-6-2)19(3)38-35-39(31)33(42)28(51-35)15-21-13-24(36)32(25(14-21)40(44)45)50-17-20-8-7-9-23(37)12-20/h7-16,31H,5-6,17-18H2,1-4H3/b28-15+/t31-/m0/s1. The average molecular weight is 801 g/mol. The summed E-state index contributed by atoms with van der Waals surface area (Å²) in [7, 11) is 1.24. The largest absolute Gasteiger partial charge is 0.490 e. The topological polar surface area (TPSA) is 158 Å². The first-order valence-electron chi connectivity index (χ1n) is 15.5. The number of esters is 2. The van der Waals surface area contributed by atoms with Gasteiger partial charge >= 0.3 is 17.6 Å². The molecule has 0 aliphatic carbocycles. The lowest BCUT2D eigenvalue weighted by Crippen LogP contribution is -2.40. The van der Waals surface area contributed by atoms with Crippen LogP contribution in [0.4, 0.5) is 5.69 Å². The maximum Gasteiger partial charge on any atom is 0.343 e. The van der Waals surface area contributed by atoms with Crippen molar-refractivity contribution in [3.63, 3.8) is 0 Å². The van der Waals surface area contributed by atoms with Crippen LogP contribution in [0.5, 0.6) is 17.2 Å². The van der Waals surface area contributed by atoms with Crippen LogP contribution in [0, 0.1) is 10.1 Å². The van der Waals surface area contributed by atoms with E-state index in [9.17, 15) is 24.5 Å². The van der Waals surface area contributed by atoms with Crippen molar-refractivity contribution in [2.45, 2.75) is 33.4 Å². The van der Waals surface area contributed by atoms with Crippen LogP contribution < -0.4 is 29.1 Å². The molecule has 13 nitrogen and oxygen atoms in total. The molecule has 1 aliphatic heterocycles. The Morgan fingerprint density at radius 1 is 1.08 bits per heavy atom. The number of thiazole rings is 1. The number of methoxy groups -OCH3 is 1. The van der Waals surface area contributed by atoms with Crippen molar-refractivity contribution in [1.29, 1.82) is 0 Å². The summed E-state index contributed by atoms with van der Waals surface area (Å²) in [6, 6.07) is 13.7. The summed E-state index contributed by atoms with van der Waals surface area (Å²) in [5.41, 5.74) is 1.21. The molecule has 1 atom stereocenters. The minimum absolute atomic E-state index is 0.0115. The van der Waals surface area contributed by atoms with Gasteiger partial charge in [-0.3, -0.25) is 19.5 Å². The minimum atomic E-state index is -0.986. The van der Waals surface area contributed by atoms with Crippen molar-refractivity contribution in [3.8, 4) is 17.2 Å². The Labute approximate surface area is 308 Å². The lowest BCUT2D eigenvalue weighted by Gasteiger charge is -2.25. The molecule has 2 heterocycles. The Bertz CT molecular complexity index is 2230. The predicted molar refractivity (Wildman–Crippen MR) is 192 cm³/mol. The maximum absolute atomic E-state index is 14.2. The monoisotopic (exact) mass is 799 g/mol. The Morgan fingerprint density at radius 3 is 2.55 bits per heavy atom. The fraction of sp³-hybridized carbons (Fsp3) is 0.257. The maximum atomic E-state index is 14.2. The molecule has 0 fully saturated rings. The molecule has 1 aliphatic rings. The first kappa shape index (κ1) is 37.3. The van der Waals surface area contributed by atoms with E-state index in [0.717, 1.165) is 16.9 Å². The van der Waals surface area contributed by atoms with Crippen LogP contribution >= 0.6 is 38.9 Å². The van der Waals surface area contributed by atoms with E-state index < -0.39 is 28.5 Å². The molecule has 0 unspecified atom stereocenters. The number of hydrogen-bond acceptors (Lipinski definition) is 12. The van der Waals surface area contributed by atoms with Crippen LogP contribution in [0.25, 0.3) is 6.08 Å². The van der Waals surface area contributed by atoms with E-state index in [1.807, 2.05) is 0 Å². The lowest BCUT2D eigenvalue weighted by atomic mass is 9.95. The quantitative estimate of drug-likeness (QED) is 0.0940. The van der Waals surface area contributed by atoms with E-state index in [0.29, 0.717) is 31.1 Å². The summed E-state index contributed by atoms with van der Waals surface area (Å²) in [4.78, 5) is 55.8. The molecule has 1 aromatic heterocycles. The number of hydrogen-bond donors (Lipinski definition) is 0. The zero-order valence-electron chi connectivity index (χ0n) is 27.8. The van der Waals surface area contributed by atoms with E-state index in [1.54, 1.807) is 69.3 Å². The Morgan fingerprint density at radius 2 is 1.86 bits per heavy atom. The number of ether oxygens (including phenoxy) is 5. The van der Waals surface area contributed by atoms with Crippen molar-refractivity contribution >= 4 is 62.6 Å². The van der Waals surface area contributed by atoms with Crippen LogP contribution in [-0.2, 0) is 25.7 Å². The molecule has 0 bridgehead atoms. The number of nitro benzene ring substituents is 1. The third kappa shape index (κ3) is 8.32. The zero-order chi connectivity index (χ0) is 36.8. The molecule has 4 aromatic rings. The van der Waals surface area contributed by atoms with E-state index in [1.165, 1.54) is 23.8 Å². The summed E-state index contributed by atoms with van der Waals surface area (Å²) in [5.74, 6) is -0.709. The number of halogens is 2. The van der Waals surface area contributed by atoms with Gasteiger partial charge in [-0.25, -0.2) is 14.6 Å². The molecule has 0 N–H and O–H groups in total. The third-order valence-corrected chi connectivity index (χ3v) is 9.29. The molecule has 0 saturated carbocycles. The first-order valence-corrected chi connectivity index (χ1v) is 17.5. The van der Waals surface area contributed by atoms with Crippen LogP contribution in [0.3, 0.4) is 0 Å². The minimum Gasteiger partial charge on any atom is -0.490 e. The number of nitro groups is 1. The van der Waals surface area contributed by atoms with E-state index >= 15 is 0 Å². The first-order chi connectivity index (χ1) is 24.4. The Balaban J connectivity index is 1.61. The van der Waals surface area contributed by atoms with Crippen molar-refractivity contribution in [1.82, 2.24) is 4.57 Å². The van der Waals surface area contributed by atoms with Crippen LogP contribution in [0.2, 0.25) is 5.02 Å². The smallest absolute Gasteiger partial charge is 0.343 e. The van der Waals surface area contributed by atoms with Gasteiger partial charge < -0.3 is 23.7 Å². The molecule has 16 heteroatoms. The van der Waals surface area contributed by atoms with Gasteiger partial charge in [-0.2, -0.15) is 0 Å². The van der Waals surface area contributed by atoms with E-state index in [2.05, 4.69) is 25.7 Å².